The number of hydrogen-bond acceptors (Lipinski definition) is 4. The van der Waals surface area contributed by atoms with Crippen LogP contribution in [-0.2, 0) is 13.0 Å². The number of fused-ring (bicyclic) bond motifs is 1. The Morgan fingerprint density at radius 3 is 2.81 bits per heavy atom. The van der Waals surface area contributed by atoms with Crippen molar-refractivity contribution in [3.05, 3.63) is 29.7 Å². The Kier molecular flexibility index (Phi) is 4.04. The molecule has 1 aromatic rings. The summed E-state index contributed by atoms with van der Waals surface area (Å²) in [6.45, 7) is 14.1. The summed E-state index contributed by atoms with van der Waals surface area (Å²) in [5.74, 6) is 0.478. The first kappa shape index (κ1) is 14.6. The smallest absolute Gasteiger partial charge is 0.0805 e. The van der Waals surface area contributed by atoms with Crippen molar-refractivity contribution in [3.8, 4) is 0 Å². The summed E-state index contributed by atoms with van der Waals surface area (Å²) in [4.78, 5) is 4.66. The van der Waals surface area contributed by atoms with Gasteiger partial charge in [-0.3, -0.25) is 9.58 Å². The summed E-state index contributed by atoms with van der Waals surface area (Å²) >= 11 is 0. The molecule has 0 saturated carbocycles. The van der Waals surface area contributed by atoms with Crippen LogP contribution in [0, 0.1) is 0 Å². The van der Waals surface area contributed by atoms with E-state index in [-0.39, 0.29) is 6.10 Å². The molecular formula is C16H26N4O. The standard InChI is InChI=1S/C16H26N4O/c1-12(2)16-8-14-4-5-19(13(3)9-20(14)17-16)7-6-18-10-15(21)11-18/h8,12,15,21H,3-7,9-11H2,1-2H3. The molecule has 5 nitrogen and oxygen atoms in total. The SMILES string of the molecule is C=C1Cn2nc(C(C)C)cc2CCN1CCN1CC(O)C1. The second-order valence-electron chi connectivity index (χ2n) is 6.59. The summed E-state index contributed by atoms with van der Waals surface area (Å²) < 4.78 is 2.12. The number of β-amino-alcohol motifs (C(OH)–C–C–N with tert-alkyl or cyclic N) is 1. The molecule has 0 bridgehead atoms. The average molecular weight is 290 g/mol. The number of aliphatic hydroxyl groups excluding tert-OH is 1. The molecule has 1 aromatic heterocycles. The van der Waals surface area contributed by atoms with E-state index in [1.807, 2.05) is 0 Å². The molecular weight excluding hydrogens is 264 g/mol. The van der Waals surface area contributed by atoms with Gasteiger partial charge < -0.3 is 10.0 Å². The van der Waals surface area contributed by atoms with Crippen LogP contribution in [0.25, 0.3) is 0 Å². The Bertz CT molecular complexity index is 516. The van der Waals surface area contributed by atoms with Gasteiger partial charge in [0.15, 0.2) is 0 Å². The van der Waals surface area contributed by atoms with Gasteiger partial charge in [-0.2, -0.15) is 5.10 Å². The van der Waals surface area contributed by atoms with Crippen molar-refractivity contribution < 1.29 is 5.11 Å². The van der Waals surface area contributed by atoms with E-state index in [0.717, 1.165) is 51.4 Å². The van der Waals surface area contributed by atoms with Crippen LogP contribution in [0.1, 0.15) is 31.2 Å². The van der Waals surface area contributed by atoms with Gasteiger partial charge >= 0.3 is 0 Å². The van der Waals surface area contributed by atoms with Gasteiger partial charge in [-0.05, 0) is 12.0 Å². The van der Waals surface area contributed by atoms with E-state index in [4.69, 9.17) is 5.10 Å². The van der Waals surface area contributed by atoms with E-state index >= 15 is 0 Å². The molecule has 0 unspecified atom stereocenters. The summed E-state index contributed by atoms with van der Waals surface area (Å²) in [7, 11) is 0. The molecule has 5 heteroatoms. The summed E-state index contributed by atoms with van der Waals surface area (Å²) in [5, 5.41) is 14.0. The highest BCUT2D eigenvalue weighted by atomic mass is 16.3. The topological polar surface area (TPSA) is 44.5 Å². The Morgan fingerprint density at radius 2 is 2.14 bits per heavy atom. The van der Waals surface area contributed by atoms with Gasteiger partial charge in [-0.15, -0.1) is 0 Å². The lowest BCUT2D eigenvalue weighted by molar-refractivity contribution is -0.000980. The van der Waals surface area contributed by atoms with Gasteiger partial charge in [0, 0.05) is 50.5 Å². The minimum Gasteiger partial charge on any atom is -0.390 e. The highest BCUT2D eigenvalue weighted by Gasteiger charge is 2.25. The van der Waals surface area contributed by atoms with Crippen LogP contribution in [0.4, 0.5) is 0 Å². The fraction of sp³-hybridized carbons (Fsp3) is 0.688. The number of allylic oxidation sites excluding steroid dienone is 1. The average Bonchev–Trinajstić information content (AvgIpc) is 2.73. The Hall–Kier alpha value is -1.33. The van der Waals surface area contributed by atoms with Gasteiger partial charge in [-0.1, -0.05) is 20.4 Å². The molecule has 116 valence electrons. The Morgan fingerprint density at radius 1 is 1.38 bits per heavy atom. The number of nitrogens with zero attached hydrogens (tertiary/aromatic N) is 4. The third kappa shape index (κ3) is 3.14. The molecule has 3 rings (SSSR count). The van der Waals surface area contributed by atoms with E-state index in [0.29, 0.717) is 5.92 Å². The van der Waals surface area contributed by atoms with Crippen LogP contribution < -0.4 is 0 Å². The lowest BCUT2D eigenvalue weighted by atomic mass is 10.1. The normalized spacial score (nSPS) is 20.6. The summed E-state index contributed by atoms with van der Waals surface area (Å²) in [5.41, 5.74) is 3.65. The number of aliphatic hydroxyl groups is 1. The van der Waals surface area contributed by atoms with Crippen LogP contribution in [0.2, 0.25) is 0 Å². The van der Waals surface area contributed by atoms with Crippen molar-refractivity contribution in [1.29, 1.82) is 0 Å². The summed E-state index contributed by atoms with van der Waals surface area (Å²) in [6.07, 6.45) is 0.915. The second kappa shape index (κ2) is 5.81. The van der Waals surface area contributed by atoms with E-state index in [2.05, 4.69) is 41.0 Å². The molecule has 3 heterocycles. The van der Waals surface area contributed by atoms with E-state index in [9.17, 15) is 5.11 Å². The third-order valence-electron chi connectivity index (χ3n) is 4.52. The highest BCUT2D eigenvalue weighted by molar-refractivity contribution is 5.17. The molecule has 1 N–H and O–H groups in total. The first-order valence-electron chi connectivity index (χ1n) is 7.92. The molecule has 1 saturated heterocycles. The van der Waals surface area contributed by atoms with Gasteiger partial charge in [0.05, 0.1) is 18.3 Å². The van der Waals surface area contributed by atoms with Crippen molar-refractivity contribution in [2.75, 3.05) is 32.7 Å². The molecule has 0 aromatic carbocycles. The Balaban J connectivity index is 1.58. The van der Waals surface area contributed by atoms with Crippen molar-refractivity contribution in [2.45, 2.75) is 38.8 Å². The van der Waals surface area contributed by atoms with Gasteiger partial charge in [-0.25, -0.2) is 0 Å². The van der Waals surface area contributed by atoms with Crippen LogP contribution in [0.3, 0.4) is 0 Å². The van der Waals surface area contributed by atoms with Crippen LogP contribution >= 0.6 is 0 Å². The quantitative estimate of drug-likeness (QED) is 0.900. The van der Waals surface area contributed by atoms with Crippen molar-refractivity contribution >= 4 is 0 Å². The van der Waals surface area contributed by atoms with E-state index in [1.165, 1.54) is 11.4 Å². The molecule has 0 aliphatic carbocycles. The number of rotatable bonds is 4. The lowest BCUT2D eigenvalue weighted by Gasteiger charge is -2.37. The highest BCUT2D eigenvalue weighted by Crippen LogP contribution is 2.20. The molecule has 2 aliphatic rings. The molecule has 0 atom stereocenters. The monoisotopic (exact) mass is 290 g/mol. The largest absolute Gasteiger partial charge is 0.390 e. The lowest BCUT2D eigenvalue weighted by Crippen LogP contribution is -2.52. The molecule has 2 aliphatic heterocycles. The molecule has 21 heavy (non-hydrogen) atoms. The number of aromatic nitrogens is 2. The van der Waals surface area contributed by atoms with Crippen LogP contribution in [0.5, 0.6) is 0 Å². The van der Waals surface area contributed by atoms with E-state index in [1.54, 1.807) is 0 Å². The first-order valence-corrected chi connectivity index (χ1v) is 7.92. The van der Waals surface area contributed by atoms with Crippen molar-refractivity contribution in [2.24, 2.45) is 0 Å². The summed E-state index contributed by atoms with van der Waals surface area (Å²) in [6, 6.07) is 2.24. The van der Waals surface area contributed by atoms with Gasteiger partial charge in [0.25, 0.3) is 0 Å². The fourth-order valence-corrected chi connectivity index (χ4v) is 3.04. The fourth-order valence-electron chi connectivity index (χ4n) is 3.04. The van der Waals surface area contributed by atoms with Gasteiger partial charge in [0.2, 0.25) is 0 Å². The molecule has 0 spiro atoms. The first-order chi connectivity index (χ1) is 10.0. The third-order valence-corrected chi connectivity index (χ3v) is 4.52. The maximum absolute atomic E-state index is 9.33. The van der Waals surface area contributed by atoms with E-state index < -0.39 is 0 Å². The van der Waals surface area contributed by atoms with Crippen LogP contribution in [-0.4, -0.2) is 63.5 Å². The predicted molar refractivity (Wildman–Crippen MR) is 83.2 cm³/mol. The van der Waals surface area contributed by atoms with Crippen LogP contribution in [0.15, 0.2) is 18.3 Å². The minimum absolute atomic E-state index is 0.114. The second-order valence-corrected chi connectivity index (χ2v) is 6.59. The maximum Gasteiger partial charge on any atom is 0.0805 e. The zero-order valence-electron chi connectivity index (χ0n) is 13.1. The number of hydrogen-bond donors (Lipinski definition) is 1. The molecule has 0 radical (unpaired) electrons. The molecule has 0 amide bonds. The Labute approximate surface area is 126 Å². The van der Waals surface area contributed by atoms with Crippen molar-refractivity contribution in [1.82, 2.24) is 19.6 Å². The molecule has 1 fully saturated rings. The zero-order valence-corrected chi connectivity index (χ0v) is 13.1. The van der Waals surface area contributed by atoms with Crippen molar-refractivity contribution in [3.63, 3.8) is 0 Å². The maximum atomic E-state index is 9.33. The zero-order chi connectivity index (χ0) is 15.0. The minimum atomic E-state index is -0.114. The number of likely N-dealkylation sites (tertiary alicyclic amines) is 1. The predicted octanol–water partition coefficient (Wildman–Crippen LogP) is 1.05. The van der Waals surface area contributed by atoms with Gasteiger partial charge in [0.1, 0.15) is 0 Å².